The quantitative estimate of drug-likeness (QED) is 0.564. The molecule has 0 amide bonds. The number of hydrogen-bond acceptors (Lipinski definition) is 8. The lowest BCUT2D eigenvalue weighted by molar-refractivity contribution is 0.00905. The number of β-amino-alcohol motifs (C(OH)–C–C–N with tert-alkyl or cyclic N) is 1. The molecule has 1 heterocycles. The van der Waals surface area contributed by atoms with Gasteiger partial charge in [0.1, 0.15) is 5.75 Å². The maximum Gasteiger partial charge on any atom is 0.203 e. The number of nitrogens with zero attached hydrogens (tertiary/aromatic N) is 2. The molecule has 1 aliphatic rings. The van der Waals surface area contributed by atoms with Gasteiger partial charge in [-0.1, -0.05) is 0 Å². The van der Waals surface area contributed by atoms with E-state index in [1.165, 1.54) is 5.69 Å². The number of ether oxygens (including phenoxy) is 5. The third kappa shape index (κ3) is 6.18. The number of aliphatic hydroxyl groups excluding tert-OH is 1. The molecule has 0 aromatic heterocycles. The Labute approximate surface area is 190 Å². The average molecular weight is 447 g/mol. The molecule has 1 atom stereocenters. The van der Waals surface area contributed by atoms with Gasteiger partial charge >= 0.3 is 0 Å². The minimum absolute atomic E-state index is 0.259. The first-order valence-corrected chi connectivity index (χ1v) is 10.7. The Morgan fingerprint density at radius 1 is 0.844 bits per heavy atom. The Balaban J connectivity index is 1.42. The number of rotatable bonds is 11. The van der Waals surface area contributed by atoms with E-state index in [0.29, 0.717) is 30.4 Å². The van der Waals surface area contributed by atoms with E-state index in [1.807, 2.05) is 24.3 Å². The van der Waals surface area contributed by atoms with E-state index in [2.05, 4.69) is 21.9 Å². The molecule has 0 radical (unpaired) electrons. The van der Waals surface area contributed by atoms with Crippen molar-refractivity contribution in [1.29, 1.82) is 0 Å². The van der Waals surface area contributed by atoms with Crippen LogP contribution in [0.5, 0.6) is 23.0 Å². The van der Waals surface area contributed by atoms with Crippen molar-refractivity contribution in [1.82, 2.24) is 4.90 Å². The van der Waals surface area contributed by atoms with E-state index < -0.39 is 6.10 Å². The smallest absolute Gasteiger partial charge is 0.203 e. The SMILES string of the molecule is COc1ccc(N2CCN(C[C@@H](O)COCc3cc(OC)c(OC)c(OC)c3)CC2)cc1. The monoisotopic (exact) mass is 446 g/mol. The van der Waals surface area contributed by atoms with Gasteiger partial charge in [0, 0.05) is 38.4 Å². The second kappa shape index (κ2) is 11.8. The highest BCUT2D eigenvalue weighted by molar-refractivity contribution is 5.53. The molecule has 176 valence electrons. The van der Waals surface area contributed by atoms with E-state index >= 15 is 0 Å². The fraction of sp³-hybridized carbons (Fsp3) is 0.500. The molecule has 0 saturated carbocycles. The normalized spacial score (nSPS) is 15.3. The molecular weight excluding hydrogens is 412 g/mol. The van der Waals surface area contributed by atoms with Crippen LogP contribution in [-0.4, -0.2) is 83.9 Å². The summed E-state index contributed by atoms with van der Waals surface area (Å²) < 4.78 is 27.1. The number of anilines is 1. The van der Waals surface area contributed by atoms with Crippen LogP contribution in [0.2, 0.25) is 0 Å². The highest BCUT2D eigenvalue weighted by Gasteiger charge is 2.20. The molecule has 1 N–H and O–H groups in total. The predicted octanol–water partition coefficient (Wildman–Crippen LogP) is 2.42. The number of piperazine rings is 1. The average Bonchev–Trinajstić information content (AvgIpc) is 2.83. The van der Waals surface area contributed by atoms with Gasteiger partial charge in [-0.25, -0.2) is 0 Å². The highest BCUT2D eigenvalue weighted by atomic mass is 16.5. The number of methoxy groups -OCH3 is 4. The van der Waals surface area contributed by atoms with Crippen LogP contribution in [0.3, 0.4) is 0 Å². The van der Waals surface area contributed by atoms with Crippen LogP contribution in [0, 0.1) is 0 Å². The number of aliphatic hydroxyl groups is 1. The summed E-state index contributed by atoms with van der Waals surface area (Å²) in [6.07, 6.45) is -0.551. The second-order valence-corrected chi connectivity index (χ2v) is 7.69. The van der Waals surface area contributed by atoms with Crippen LogP contribution < -0.4 is 23.8 Å². The summed E-state index contributed by atoms with van der Waals surface area (Å²) in [5, 5.41) is 10.4. The van der Waals surface area contributed by atoms with Crippen LogP contribution in [-0.2, 0) is 11.3 Å². The molecule has 8 heteroatoms. The second-order valence-electron chi connectivity index (χ2n) is 7.69. The molecule has 8 nitrogen and oxygen atoms in total. The fourth-order valence-corrected chi connectivity index (χ4v) is 3.86. The third-order valence-corrected chi connectivity index (χ3v) is 5.58. The topological polar surface area (TPSA) is 72.9 Å². The first kappa shape index (κ1) is 24.0. The Bertz CT molecular complexity index is 812. The summed E-state index contributed by atoms with van der Waals surface area (Å²) in [5.41, 5.74) is 2.08. The van der Waals surface area contributed by atoms with Gasteiger partial charge in [-0.05, 0) is 42.0 Å². The van der Waals surface area contributed by atoms with Crippen molar-refractivity contribution in [2.75, 3.05) is 72.7 Å². The first-order chi connectivity index (χ1) is 15.6. The molecule has 0 spiro atoms. The van der Waals surface area contributed by atoms with Crippen LogP contribution in [0.15, 0.2) is 36.4 Å². The summed E-state index contributed by atoms with van der Waals surface area (Å²) in [4.78, 5) is 4.62. The van der Waals surface area contributed by atoms with Crippen molar-refractivity contribution in [3.05, 3.63) is 42.0 Å². The van der Waals surface area contributed by atoms with E-state index in [-0.39, 0.29) is 6.61 Å². The van der Waals surface area contributed by atoms with Gasteiger partial charge < -0.3 is 33.7 Å². The molecule has 0 aliphatic carbocycles. The zero-order valence-corrected chi connectivity index (χ0v) is 19.4. The Morgan fingerprint density at radius 3 is 2.00 bits per heavy atom. The summed E-state index contributed by atoms with van der Waals surface area (Å²) in [6, 6.07) is 11.8. The highest BCUT2D eigenvalue weighted by Crippen LogP contribution is 2.38. The van der Waals surface area contributed by atoms with Crippen LogP contribution in [0.25, 0.3) is 0 Å². The van der Waals surface area contributed by atoms with Crippen LogP contribution >= 0.6 is 0 Å². The molecule has 2 aromatic carbocycles. The molecule has 1 saturated heterocycles. The molecular formula is C24H34N2O6. The molecule has 0 bridgehead atoms. The number of hydrogen-bond donors (Lipinski definition) is 1. The van der Waals surface area contributed by atoms with Crippen LogP contribution in [0.4, 0.5) is 5.69 Å². The molecule has 32 heavy (non-hydrogen) atoms. The van der Waals surface area contributed by atoms with Crippen molar-refractivity contribution in [2.45, 2.75) is 12.7 Å². The Hall–Kier alpha value is -2.68. The molecule has 0 unspecified atom stereocenters. The summed E-state index contributed by atoms with van der Waals surface area (Å²) >= 11 is 0. The molecule has 2 aromatic rings. The van der Waals surface area contributed by atoms with E-state index in [1.54, 1.807) is 28.4 Å². The van der Waals surface area contributed by atoms with E-state index in [4.69, 9.17) is 23.7 Å². The third-order valence-electron chi connectivity index (χ3n) is 5.58. The maximum atomic E-state index is 10.4. The zero-order valence-electron chi connectivity index (χ0n) is 19.4. The lowest BCUT2D eigenvalue weighted by Crippen LogP contribution is -2.49. The van der Waals surface area contributed by atoms with Gasteiger partial charge in [0.05, 0.1) is 47.8 Å². The first-order valence-electron chi connectivity index (χ1n) is 10.7. The van der Waals surface area contributed by atoms with Crippen molar-refractivity contribution in [3.8, 4) is 23.0 Å². The van der Waals surface area contributed by atoms with Gasteiger partial charge in [0.2, 0.25) is 5.75 Å². The Kier molecular flexibility index (Phi) is 8.84. The fourth-order valence-electron chi connectivity index (χ4n) is 3.86. The zero-order chi connectivity index (χ0) is 22.9. The van der Waals surface area contributed by atoms with Crippen molar-refractivity contribution in [3.63, 3.8) is 0 Å². The van der Waals surface area contributed by atoms with E-state index in [0.717, 1.165) is 37.5 Å². The molecule has 1 fully saturated rings. The summed E-state index contributed by atoms with van der Waals surface area (Å²) in [6.45, 7) is 4.84. The lowest BCUT2D eigenvalue weighted by Gasteiger charge is -2.36. The van der Waals surface area contributed by atoms with Gasteiger partial charge in [-0.3, -0.25) is 4.90 Å². The maximum absolute atomic E-state index is 10.4. The molecule has 1 aliphatic heterocycles. The Morgan fingerprint density at radius 2 is 1.47 bits per heavy atom. The molecule has 3 rings (SSSR count). The van der Waals surface area contributed by atoms with Crippen LogP contribution in [0.1, 0.15) is 5.56 Å². The van der Waals surface area contributed by atoms with E-state index in [9.17, 15) is 5.11 Å². The number of benzene rings is 2. The van der Waals surface area contributed by atoms with Gasteiger partial charge in [-0.15, -0.1) is 0 Å². The minimum atomic E-state index is -0.551. The lowest BCUT2D eigenvalue weighted by atomic mass is 10.2. The summed E-state index contributed by atoms with van der Waals surface area (Å²) in [7, 11) is 6.41. The predicted molar refractivity (Wildman–Crippen MR) is 123 cm³/mol. The van der Waals surface area contributed by atoms with Crippen molar-refractivity contribution in [2.24, 2.45) is 0 Å². The van der Waals surface area contributed by atoms with Crippen molar-refractivity contribution < 1.29 is 28.8 Å². The minimum Gasteiger partial charge on any atom is -0.497 e. The van der Waals surface area contributed by atoms with Gasteiger partial charge in [0.25, 0.3) is 0 Å². The largest absolute Gasteiger partial charge is 0.497 e. The van der Waals surface area contributed by atoms with Crippen molar-refractivity contribution >= 4 is 5.69 Å². The summed E-state index contributed by atoms with van der Waals surface area (Å²) in [5.74, 6) is 2.58. The standard InChI is InChI=1S/C24H34N2O6/c1-28-21-7-5-19(6-8-21)26-11-9-25(10-12-26)15-20(27)17-32-16-18-13-22(29-2)24(31-4)23(14-18)30-3/h5-8,13-14,20,27H,9-12,15-17H2,1-4H3/t20-/m1/s1. The van der Waals surface area contributed by atoms with Gasteiger partial charge in [0.15, 0.2) is 11.5 Å². The van der Waals surface area contributed by atoms with Gasteiger partial charge in [-0.2, -0.15) is 0 Å².